The molecule has 3 aromatic rings. The molecular weight excluding hydrogens is 843 g/mol. The van der Waals surface area contributed by atoms with E-state index in [1.165, 1.54) is 0 Å². The Morgan fingerprint density at radius 3 is 1.93 bits per heavy atom. The number of carbonyl (C=O) groups is 6. The third-order valence-electron chi connectivity index (χ3n) is 8.20. The molecule has 0 aromatic heterocycles. The van der Waals surface area contributed by atoms with Crippen LogP contribution in [0, 0.1) is 3.57 Å². The molecule has 0 spiro atoms. The molecule has 3 rings (SSSR count). The molecule has 6 N–H and O–H groups in total. The standard InChI is InChI=1S/C42H55IN6O8/c1-5-22-45-41(55)46-24-13-7-12-23-44-39(53)34(25-29-14-8-6-9-15-29)48-37(51)28-56-31-20-18-30(19-21-31)26-35(40(54)57-42(2,3)4)49-36(50)27-47-38(52)32-16-10-11-17-33(32)43/h6,8-11,14-21,34-35H,5,7,12-13,22-28H2,1-4H3,(H,44,53)(H,47,52)(H,48,51)(H,49,50)(H2,45,46,55)/t34-,35-/m0/s1. The predicted octanol–water partition coefficient (Wildman–Crippen LogP) is 4.19. The van der Waals surface area contributed by atoms with Gasteiger partial charge in [-0.3, -0.25) is 19.2 Å². The Morgan fingerprint density at radius 1 is 0.667 bits per heavy atom. The predicted molar refractivity (Wildman–Crippen MR) is 226 cm³/mol. The molecule has 0 heterocycles. The molecule has 0 fully saturated rings. The monoisotopic (exact) mass is 898 g/mol. The molecule has 2 atom stereocenters. The number of urea groups is 1. The van der Waals surface area contributed by atoms with Crippen molar-refractivity contribution in [1.29, 1.82) is 0 Å². The van der Waals surface area contributed by atoms with Crippen molar-refractivity contribution >= 4 is 58.2 Å². The van der Waals surface area contributed by atoms with Crippen molar-refractivity contribution in [3.05, 3.63) is 99.1 Å². The van der Waals surface area contributed by atoms with Gasteiger partial charge in [0.05, 0.1) is 12.1 Å². The van der Waals surface area contributed by atoms with E-state index in [9.17, 15) is 28.8 Å². The molecule has 0 bridgehead atoms. The first-order valence-corrected chi connectivity index (χ1v) is 20.2. The summed E-state index contributed by atoms with van der Waals surface area (Å²) in [4.78, 5) is 76.5. The van der Waals surface area contributed by atoms with Gasteiger partial charge in [0.15, 0.2) is 6.61 Å². The van der Waals surface area contributed by atoms with E-state index < -0.39 is 41.4 Å². The minimum atomic E-state index is -1.05. The van der Waals surface area contributed by atoms with Crippen LogP contribution in [0.25, 0.3) is 0 Å². The fourth-order valence-electron chi connectivity index (χ4n) is 5.38. The lowest BCUT2D eigenvalue weighted by molar-refractivity contribution is -0.158. The number of hydrogen-bond donors (Lipinski definition) is 6. The summed E-state index contributed by atoms with van der Waals surface area (Å²) in [7, 11) is 0. The fourth-order valence-corrected chi connectivity index (χ4v) is 6.01. The second-order valence-corrected chi connectivity index (χ2v) is 15.5. The van der Waals surface area contributed by atoms with Gasteiger partial charge >= 0.3 is 12.0 Å². The molecule has 57 heavy (non-hydrogen) atoms. The fraction of sp³-hybridized carbons (Fsp3) is 0.429. The van der Waals surface area contributed by atoms with E-state index in [4.69, 9.17) is 9.47 Å². The lowest BCUT2D eigenvalue weighted by atomic mass is 10.0. The summed E-state index contributed by atoms with van der Waals surface area (Å²) in [5.74, 6) is -2.02. The second-order valence-electron chi connectivity index (χ2n) is 14.3. The lowest BCUT2D eigenvalue weighted by Crippen LogP contribution is -2.49. The van der Waals surface area contributed by atoms with Gasteiger partial charge in [-0.2, -0.15) is 0 Å². The molecule has 15 heteroatoms. The number of esters is 1. The molecule has 0 saturated heterocycles. The van der Waals surface area contributed by atoms with Gasteiger partial charge in [-0.25, -0.2) is 9.59 Å². The van der Waals surface area contributed by atoms with Crippen LogP contribution in [-0.2, 0) is 36.8 Å². The average Bonchev–Trinajstić information content (AvgIpc) is 3.17. The Labute approximate surface area is 348 Å². The van der Waals surface area contributed by atoms with Gasteiger partial charge in [-0.1, -0.05) is 61.5 Å². The van der Waals surface area contributed by atoms with Gasteiger partial charge in [0.2, 0.25) is 11.8 Å². The van der Waals surface area contributed by atoms with Crippen LogP contribution in [-0.4, -0.2) is 86.1 Å². The number of rotatable bonds is 22. The summed E-state index contributed by atoms with van der Waals surface area (Å²) >= 11 is 2.04. The highest BCUT2D eigenvalue weighted by molar-refractivity contribution is 14.1. The van der Waals surface area contributed by atoms with Crippen molar-refractivity contribution < 1.29 is 38.2 Å². The molecule has 0 aliphatic heterocycles. The summed E-state index contributed by atoms with van der Waals surface area (Å²) < 4.78 is 12.0. The Hall–Kier alpha value is -5.19. The van der Waals surface area contributed by atoms with Crippen LogP contribution in [0.2, 0.25) is 0 Å². The number of ether oxygens (including phenoxy) is 2. The summed E-state index contributed by atoms with van der Waals surface area (Å²) in [6.45, 7) is 8.07. The maximum atomic E-state index is 13.2. The van der Waals surface area contributed by atoms with Gasteiger partial charge in [0.25, 0.3) is 11.8 Å². The van der Waals surface area contributed by atoms with Crippen LogP contribution in [0.1, 0.15) is 74.9 Å². The minimum absolute atomic E-state index is 0.0926. The van der Waals surface area contributed by atoms with Gasteiger partial charge in [-0.15, -0.1) is 0 Å². The van der Waals surface area contributed by atoms with Crippen LogP contribution >= 0.6 is 22.6 Å². The Balaban J connectivity index is 1.52. The molecule has 14 nitrogen and oxygen atoms in total. The van der Waals surface area contributed by atoms with E-state index in [-0.39, 0.29) is 37.9 Å². The molecule has 0 saturated carbocycles. The topological polar surface area (TPSA) is 193 Å². The number of hydrogen-bond acceptors (Lipinski definition) is 8. The molecular formula is C42H55IN6O8. The molecule has 308 valence electrons. The van der Waals surface area contributed by atoms with Crippen molar-refractivity contribution in [3.8, 4) is 5.75 Å². The van der Waals surface area contributed by atoms with E-state index in [0.717, 1.165) is 28.4 Å². The molecule has 3 aromatic carbocycles. The maximum Gasteiger partial charge on any atom is 0.329 e. The summed E-state index contributed by atoms with van der Waals surface area (Å²) in [5, 5.41) is 16.5. The Bertz CT molecular complexity index is 1770. The first kappa shape index (κ1) is 46.2. The van der Waals surface area contributed by atoms with Gasteiger partial charge in [-0.05, 0) is 104 Å². The second kappa shape index (κ2) is 24.4. The molecule has 0 radical (unpaired) electrons. The molecule has 6 amide bonds. The van der Waals surface area contributed by atoms with Crippen molar-refractivity contribution in [1.82, 2.24) is 31.9 Å². The first-order chi connectivity index (χ1) is 27.2. The Morgan fingerprint density at radius 2 is 1.26 bits per heavy atom. The number of carbonyl (C=O) groups excluding carboxylic acids is 6. The normalized spacial score (nSPS) is 11.9. The summed E-state index contributed by atoms with van der Waals surface area (Å²) in [6, 6.07) is 21.0. The number of unbranched alkanes of at least 4 members (excludes halogenated alkanes) is 2. The number of halogens is 1. The maximum absolute atomic E-state index is 13.2. The van der Waals surface area contributed by atoms with Crippen LogP contribution in [0.4, 0.5) is 4.79 Å². The number of benzene rings is 3. The average molecular weight is 899 g/mol. The van der Waals surface area contributed by atoms with Gasteiger partial charge in [0, 0.05) is 36.0 Å². The van der Waals surface area contributed by atoms with Gasteiger partial charge in [0.1, 0.15) is 23.4 Å². The first-order valence-electron chi connectivity index (χ1n) is 19.1. The van der Waals surface area contributed by atoms with Crippen LogP contribution in [0.15, 0.2) is 78.9 Å². The van der Waals surface area contributed by atoms with E-state index in [1.807, 2.05) is 65.9 Å². The number of amides is 6. The SMILES string of the molecule is CCCNC(=O)NCCCCCNC(=O)[C@H](Cc1ccccc1)NC(=O)COc1ccc(C[C@H](NC(=O)CNC(=O)c2ccccc2I)C(=O)OC(C)(C)C)cc1. The molecule has 0 unspecified atom stereocenters. The van der Waals surface area contributed by atoms with Crippen molar-refractivity contribution in [2.75, 3.05) is 32.8 Å². The minimum Gasteiger partial charge on any atom is -0.484 e. The largest absolute Gasteiger partial charge is 0.484 e. The number of nitrogens with one attached hydrogen (secondary N) is 6. The molecule has 0 aliphatic carbocycles. The highest BCUT2D eigenvalue weighted by atomic mass is 127. The van der Waals surface area contributed by atoms with Crippen molar-refractivity contribution in [3.63, 3.8) is 0 Å². The summed E-state index contributed by atoms with van der Waals surface area (Å²) in [6.07, 6.45) is 3.54. The van der Waals surface area contributed by atoms with Crippen LogP contribution < -0.4 is 36.6 Å². The van der Waals surface area contributed by atoms with E-state index in [0.29, 0.717) is 42.9 Å². The summed E-state index contributed by atoms with van der Waals surface area (Å²) in [5.41, 5.74) is 1.20. The van der Waals surface area contributed by atoms with E-state index in [1.54, 1.807) is 63.2 Å². The highest BCUT2D eigenvalue weighted by Crippen LogP contribution is 2.16. The van der Waals surface area contributed by atoms with Crippen molar-refractivity contribution in [2.45, 2.75) is 83.9 Å². The Kier molecular flexibility index (Phi) is 19.8. The van der Waals surface area contributed by atoms with E-state index in [2.05, 4.69) is 31.9 Å². The third kappa shape index (κ3) is 18.5. The van der Waals surface area contributed by atoms with Crippen LogP contribution in [0.3, 0.4) is 0 Å². The van der Waals surface area contributed by atoms with E-state index >= 15 is 0 Å². The zero-order valence-electron chi connectivity index (χ0n) is 33.1. The lowest BCUT2D eigenvalue weighted by Gasteiger charge is -2.25. The van der Waals surface area contributed by atoms with Gasteiger partial charge < -0.3 is 41.4 Å². The molecule has 0 aliphatic rings. The highest BCUT2D eigenvalue weighted by Gasteiger charge is 2.27. The zero-order valence-corrected chi connectivity index (χ0v) is 35.2. The third-order valence-corrected chi connectivity index (χ3v) is 9.14. The smallest absolute Gasteiger partial charge is 0.329 e. The zero-order chi connectivity index (χ0) is 41.6. The van der Waals surface area contributed by atoms with Crippen LogP contribution in [0.5, 0.6) is 5.75 Å². The quantitative estimate of drug-likeness (QED) is 0.0491. The van der Waals surface area contributed by atoms with Crippen molar-refractivity contribution in [2.24, 2.45) is 0 Å².